The number of rotatable bonds is 1. The van der Waals surface area contributed by atoms with Crippen molar-refractivity contribution in [2.24, 2.45) is 0 Å². The molecular weight excluding hydrogens is 182 g/mol. The van der Waals surface area contributed by atoms with Crippen LogP contribution in [0.2, 0.25) is 0 Å². The maximum absolute atomic E-state index is 11.7. The number of methoxy groups -OCH3 is 1. The number of hydrogen-bond donors (Lipinski definition) is 1. The first-order chi connectivity index (χ1) is 6.74. The Labute approximate surface area is 80.9 Å². The molecule has 1 aliphatic heterocycles. The third kappa shape index (κ3) is 1.20. The van der Waals surface area contributed by atoms with Gasteiger partial charge in [0.15, 0.2) is 6.10 Å². The number of ketones is 1. The molecule has 1 aromatic carbocycles. The van der Waals surface area contributed by atoms with Crippen molar-refractivity contribution in [1.29, 1.82) is 0 Å². The first-order valence-corrected chi connectivity index (χ1v) is 4.21. The van der Waals surface area contributed by atoms with Crippen LogP contribution < -0.4 is 5.32 Å². The number of Topliss-reactive ketones (excluding diaryl/α,β-unsaturated/α-hetero) is 1. The molecular formula is C10H9NO3. The van der Waals surface area contributed by atoms with Gasteiger partial charge in [0, 0.05) is 12.7 Å². The van der Waals surface area contributed by atoms with E-state index in [1.54, 1.807) is 24.3 Å². The lowest BCUT2D eigenvalue weighted by atomic mass is 9.99. The van der Waals surface area contributed by atoms with Crippen LogP contribution in [-0.2, 0) is 9.53 Å². The van der Waals surface area contributed by atoms with E-state index in [2.05, 4.69) is 5.32 Å². The third-order valence-corrected chi connectivity index (χ3v) is 2.16. The minimum Gasteiger partial charge on any atom is -0.364 e. The molecule has 0 aromatic heterocycles. The highest BCUT2D eigenvalue weighted by Gasteiger charge is 2.33. The largest absolute Gasteiger partial charge is 0.364 e. The van der Waals surface area contributed by atoms with Crippen LogP contribution in [0.25, 0.3) is 0 Å². The molecule has 1 aromatic rings. The fourth-order valence-corrected chi connectivity index (χ4v) is 1.48. The van der Waals surface area contributed by atoms with Crippen molar-refractivity contribution in [2.75, 3.05) is 12.4 Å². The van der Waals surface area contributed by atoms with E-state index in [1.807, 2.05) is 0 Å². The van der Waals surface area contributed by atoms with Crippen LogP contribution in [0.3, 0.4) is 0 Å². The average Bonchev–Trinajstić information content (AvgIpc) is 2.18. The van der Waals surface area contributed by atoms with Crippen molar-refractivity contribution < 1.29 is 14.3 Å². The molecule has 0 aliphatic carbocycles. The zero-order valence-corrected chi connectivity index (χ0v) is 7.61. The van der Waals surface area contributed by atoms with E-state index < -0.39 is 12.0 Å². The highest BCUT2D eigenvalue weighted by atomic mass is 16.5. The van der Waals surface area contributed by atoms with E-state index in [1.165, 1.54) is 7.11 Å². The second-order valence-electron chi connectivity index (χ2n) is 3.01. The Kier molecular flexibility index (Phi) is 2.05. The summed E-state index contributed by atoms with van der Waals surface area (Å²) in [6.07, 6.45) is -1.01. The monoisotopic (exact) mass is 191 g/mol. The molecule has 1 aliphatic rings. The fourth-order valence-electron chi connectivity index (χ4n) is 1.48. The molecule has 2 rings (SSSR count). The fraction of sp³-hybridized carbons (Fsp3) is 0.200. The van der Waals surface area contributed by atoms with Crippen molar-refractivity contribution in [2.45, 2.75) is 6.10 Å². The predicted molar refractivity (Wildman–Crippen MR) is 50.2 cm³/mol. The second kappa shape index (κ2) is 3.23. The van der Waals surface area contributed by atoms with E-state index in [9.17, 15) is 9.59 Å². The second-order valence-corrected chi connectivity index (χ2v) is 3.01. The normalized spacial score (nSPS) is 20.2. The predicted octanol–water partition coefficient (Wildman–Crippen LogP) is 0.836. The van der Waals surface area contributed by atoms with E-state index in [0.29, 0.717) is 11.3 Å². The Morgan fingerprint density at radius 3 is 2.71 bits per heavy atom. The summed E-state index contributed by atoms with van der Waals surface area (Å²) in [5.74, 6) is -0.692. The van der Waals surface area contributed by atoms with Crippen molar-refractivity contribution in [1.82, 2.24) is 0 Å². The molecule has 4 nitrogen and oxygen atoms in total. The zero-order chi connectivity index (χ0) is 10.1. The first-order valence-electron chi connectivity index (χ1n) is 4.21. The summed E-state index contributed by atoms with van der Waals surface area (Å²) < 4.78 is 4.81. The quantitative estimate of drug-likeness (QED) is 0.669. The number of benzene rings is 1. The van der Waals surface area contributed by atoms with Gasteiger partial charge in [-0.3, -0.25) is 9.59 Å². The summed E-state index contributed by atoms with van der Waals surface area (Å²) in [5, 5.41) is 2.61. The van der Waals surface area contributed by atoms with Crippen LogP contribution in [-0.4, -0.2) is 24.9 Å². The highest BCUT2D eigenvalue weighted by molar-refractivity contribution is 6.22. The number of nitrogens with one attached hydrogen (secondary N) is 1. The van der Waals surface area contributed by atoms with Gasteiger partial charge in [-0.1, -0.05) is 12.1 Å². The SMILES string of the molecule is COC1C(=O)Nc2ccccc2C1=O. The van der Waals surface area contributed by atoms with Crippen LogP contribution in [0.4, 0.5) is 5.69 Å². The first kappa shape index (κ1) is 8.90. The molecule has 1 atom stereocenters. The van der Waals surface area contributed by atoms with Crippen LogP contribution in [0.1, 0.15) is 10.4 Å². The number of ether oxygens (including phenoxy) is 1. The third-order valence-electron chi connectivity index (χ3n) is 2.16. The number of para-hydroxylation sites is 1. The van der Waals surface area contributed by atoms with Crippen molar-refractivity contribution in [3.63, 3.8) is 0 Å². The summed E-state index contributed by atoms with van der Waals surface area (Å²) in [4.78, 5) is 23.0. The number of carbonyl (C=O) groups is 2. The van der Waals surface area contributed by atoms with Gasteiger partial charge in [-0.15, -0.1) is 0 Å². The van der Waals surface area contributed by atoms with Gasteiger partial charge in [0.1, 0.15) is 0 Å². The van der Waals surface area contributed by atoms with E-state index in [-0.39, 0.29) is 5.78 Å². The van der Waals surface area contributed by atoms with Gasteiger partial charge in [-0.25, -0.2) is 0 Å². The average molecular weight is 191 g/mol. The van der Waals surface area contributed by atoms with Crippen molar-refractivity contribution >= 4 is 17.4 Å². The molecule has 1 unspecified atom stereocenters. The Morgan fingerprint density at radius 1 is 1.29 bits per heavy atom. The number of amides is 1. The molecule has 1 amide bonds. The van der Waals surface area contributed by atoms with Crippen molar-refractivity contribution in [3.05, 3.63) is 29.8 Å². The van der Waals surface area contributed by atoms with E-state index >= 15 is 0 Å². The molecule has 14 heavy (non-hydrogen) atoms. The lowest BCUT2D eigenvalue weighted by Crippen LogP contribution is -2.41. The molecule has 72 valence electrons. The maximum Gasteiger partial charge on any atom is 0.261 e. The summed E-state index contributed by atoms with van der Waals surface area (Å²) >= 11 is 0. The Hall–Kier alpha value is -1.68. The van der Waals surface area contributed by atoms with E-state index in [0.717, 1.165) is 0 Å². The van der Waals surface area contributed by atoms with Crippen molar-refractivity contribution in [3.8, 4) is 0 Å². The van der Waals surface area contributed by atoms with Gasteiger partial charge >= 0.3 is 0 Å². The van der Waals surface area contributed by atoms with Crippen LogP contribution >= 0.6 is 0 Å². The van der Waals surface area contributed by atoms with Gasteiger partial charge in [0.2, 0.25) is 5.78 Å². The summed E-state index contributed by atoms with van der Waals surface area (Å²) in [6, 6.07) is 6.88. The number of carbonyl (C=O) groups excluding carboxylic acids is 2. The molecule has 1 N–H and O–H groups in total. The number of anilines is 1. The minimum atomic E-state index is -1.01. The number of hydrogen-bond acceptors (Lipinski definition) is 3. The summed E-state index contributed by atoms with van der Waals surface area (Å²) in [5.41, 5.74) is 1.05. The van der Waals surface area contributed by atoms with Crippen LogP contribution in [0, 0.1) is 0 Å². The topological polar surface area (TPSA) is 55.4 Å². The standard InChI is InChI=1S/C10H9NO3/c1-14-9-8(12)6-4-2-3-5-7(6)11-10(9)13/h2-5,9H,1H3,(H,11,13). The van der Waals surface area contributed by atoms with Gasteiger partial charge < -0.3 is 10.1 Å². The van der Waals surface area contributed by atoms with Gasteiger partial charge in [-0.2, -0.15) is 0 Å². The van der Waals surface area contributed by atoms with Gasteiger partial charge in [0.05, 0.1) is 5.69 Å². The highest BCUT2D eigenvalue weighted by Crippen LogP contribution is 2.22. The van der Waals surface area contributed by atoms with Gasteiger partial charge in [0.25, 0.3) is 5.91 Å². The molecule has 0 fully saturated rings. The lowest BCUT2D eigenvalue weighted by molar-refractivity contribution is -0.123. The molecule has 0 spiro atoms. The zero-order valence-electron chi connectivity index (χ0n) is 7.61. The number of fused-ring (bicyclic) bond motifs is 1. The lowest BCUT2D eigenvalue weighted by Gasteiger charge is -2.21. The minimum absolute atomic E-state index is 0.285. The Balaban J connectivity index is 2.49. The van der Waals surface area contributed by atoms with E-state index in [4.69, 9.17) is 4.74 Å². The molecule has 0 radical (unpaired) electrons. The molecule has 0 bridgehead atoms. The Bertz CT molecular complexity index is 400. The maximum atomic E-state index is 11.7. The molecule has 4 heteroatoms. The van der Waals surface area contributed by atoms with Gasteiger partial charge in [-0.05, 0) is 12.1 Å². The van der Waals surface area contributed by atoms with Crippen LogP contribution in [0.15, 0.2) is 24.3 Å². The summed E-state index contributed by atoms with van der Waals surface area (Å²) in [7, 11) is 1.34. The summed E-state index contributed by atoms with van der Waals surface area (Å²) in [6.45, 7) is 0. The molecule has 1 heterocycles. The van der Waals surface area contributed by atoms with Crippen LogP contribution in [0.5, 0.6) is 0 Å². The molecule has 0 saturated carbocycles. The Morgan fingerprint density at radius 2 is 2.00 bits per heavy atom. The smallest absolute Gasteiger partial charge is 0.261 e. The molecule has 0 saturated heterocycles.